The zero-order valence-electron chi connectivity index (χ0n) is 18.5. The summed E-state index contributed by atoms with van der Waals surface area (Å²) in [4.78, 5) is 36.6. The van der Waals surface area contributed by atoms with Crippen LogP contribution in [0.3, 0.4) is 0 Å². The number of rotatable bonds is 9. The molecule has 0 saturated carbocycles. The molecule has 3 rings (SSSR count). The highest BCUT2D eigenvalue weighted by Crippen LogP contribution is 2.23. The van der Waals surface area contributed by atoms with Gasteiger partial charge in [0.25, 0.3) is 0 Å². The second-order valence-corrected chi connectivity index (χ2v) is 7.76. The molecule has 0 aliphatic carbocycles. The van der Waals surface area contributed by atoms with Gasteiger partial charge in [-0.3, -0.25) is 9.59 Å². The first-order valence-electron chi connectivity index (χ1n) is 10.3. The smallest absolute Gasteiger partial charge is 0.340 e. The molecule has 0 atom stereocenters. The summed E-state index contributed by atoms with van der Waals surface area (Å²) in [7, 11) is 1.20. The molecular formula is C25H21ClF2N2O5. The van der Waals surface area contributed by atoms with E-state index in [0.717, 1.165) is 0 Å². The van der Waals surface area contributed by atoms with Crippen molar-refractivity contribution in [3.8, 4) is 0 Å². The maximum absolute atomic E-state index is 13.3. The predicted octanol–water partition coefficient (Wildman–Crippen LogP) is 4.27. The number of halogens is 3. The molecule has 182 valence electrons. The van der Waals surface area contributed by atoms with E-state index in [4.69, 9.17) is 16.3 Å². The van der Waals surface area contributed by atoms with Crippen molar-refractivity contribution in [2.45, 2.75) is 6.04 Å². The van der Waals surface area contributed by atoms with Crippen LogP contribution in [0.1, 0.15) is 27.5 Å². The maximum atomic E-state index is 13.3. The van der Waals surface area contributed by atoms with E-state index in [1.807, 2.05) is 0 Å². The van der Waals surface area contributed by atoms with Crippen LogP contribution in [0, 0.1) is 11.6 Å². The van der Waals surface area contributed by atoms with Crippen LogP contribution in [0.25, 0.3) is 0 Å². The average Bonchev–Trinajstić information content (AvgIpc) is 2.84. The Balaban J connectivity index is 1.60. The van der Waals surface area contributed by atoms with Crippen molar-refractivity contribution in [3.63, 3.8) is 0 Å². The van der Waals surface area contributed by atoms with E-state index in [0.29, 0.717) is 11.1 Å². The lowest BCUT2D eigenvalue weighted by atomic mass is 9.98. The summed E-state index contributed by atoms with van der Waals surface area (Å²) in [6, 6.07) is 14.6. The first-order valence-corrected chi connectivity index (χ1v) is 10.7. The van der Waals surface area contributed by atoms with Crippen LogP contribution in [0.15, 0.2) is 66.7 Å². The quantitative estimate of drug-likeness (QED) is 0.426. The van der Waals surface area contributed by atoms with Crippen molar-refractivity contribution in [2.75, 3.05) is 25.6 Å². The number of carbonyl (C=O) groups excluding carboxylic acids is 3. The zero-order valence-corrected chi connectivity index (χ0v) is 19.3. The van der Waals surface area contributed by atoms with Crippen LogP contribution < -0.4 is 10.6 Å². The number of amides is 2. The lowest BCUT2D eigenvalue weighted by Gasteiger charge is -2.20. The second kappa shape index (κ2) is 12.0. The number of methoxy groups -OCH3 is 1. The summed E-state index contributed by atoms with van der Waals surface area (Å²) < 4.78 is 36.6. The van der Waals surface area contributed by atoms with Crippen molar-refractivity contribution in [3.05, 3.63) is 100 Å². The van der Waals surface area contributed by atoms with Gasteiger partial charge in [-0.1, -0.05) is 35.9 Å². The molecule has 3 aromatic carbocycles. The van der Waals surface area contributed by atoms with Gasteiger partial charge in [0.15, 0.2) is 0 Å². The summed E-state index contributed by atoms with van der Waals surface area (Å²) in [5.41, 5.74) is 1.38. The fourth-order valence-electron chi connectivity index (χ4n) is 3.20. The van der Waals surface area contributed by atoms with Gasteiger partial charge < -0.3 is 20.1 Å². The Morgan fingerprint density at radius 2 is 1.40 bits per heavy atom. The SMILES string of the molecule is COC(=O)c1cc(Cl)ccc1NC(=O)COCC(=O)NC(c1ccc(F)cc1)c1ccc(F)cc1. The molecule has 0 saturated heterocycles. The predicted molar refractivity (Wildman–Crippen MR) is 125 cm³/mol. The Hall–Kier alpha value is -3.82. The normalized spacial score (nSPS) is 10.7. The number of benzene rings is 3. The van der Waals surface area contributed by atoms with E-state index in [1.165, 1.54) is 73.8 Å². The largest absolute Gasteiger partial charge is 0.465 e. The lowest BCUT2D eigenvalue weighted by Crippen LogP contribution is -2.33. The number of ether oxygens (including phenoxy) is 2. The van der Waals surface area contributed by atoms with Gasteiger partial charge in [0.2, 0.25) is 11.8 Å². The molecule has 0 aromatic heterocycles. The van der Waals surface area contributed by atoms with Crippen LogP contribution in [0.2, 0.25) is 5.02 Å². The molecule has 2 amide bonds. The third-order valence-electron chi connectivity index (χ3n) is 4.84. The van der Waals surface area contributed by atoms with E-state index in [1.54, 1.807) is 0 Å². The molecule has 0 bridgehead atoms. The highest BCUT2D eigenvalue weighted by atomic mass is 35.5. The van der Waals surface area contributed by atoms with Gasteiger partial charge in [-0.15, -0.1) is 0 Å². The second-order valence-electron chi connectivity index (χ2n) is 7.33. The van der Waals surface area contributed by atoms with Gasteiger partial charge in [-0.25, -0.2) is 13.6 Å². The van der Waals surface area contributed by atoms with E-state index in [9.17, 15) is 23.2 Å². The molecule has 0 aliphatic rings. The van der Waals surface area contributed by atoms with E-state index < -0.39 is 48.7 Å². The van der Waals surface area contributed by atoms with Crippen LogP contribution in [-0.2, 0) is 19.1 Å². The summed E-state index contributed by atoms with van der Waals surface area (Å²) >= 11 is 5.89. The Morgan fingerprint density at radius 3 is 1.94 bits per heavy atom. The highest BCUT2D eigenvalue weighted by molar-refractivity contribution is 6.31. The molecule has 0 fully saturated rings. The molecule has 3 aromatic rings. The molecule has 0 unspecified atom stereocenters. The van der Waals surface area contributed by atoms with E-state index in [2.05, 4.69) is 15.4 Å². The summed E-state index contributed by atoms with van der Waals surface area (Å²) in [6.07, 6.45) is 0. The molecule has 0 spiro atoms. The molecule has 0 heterocycles. The Labute approximate surface area is 205 Å². The number of hydrogen-bond acceptors (Lipinski definition) is 5. The van der Waals surface area contributed by atoms with Crippen LogP contribution in [-0.4, -0.2) is 38.1 Å². The van der Waals surface area contributed by atoms with Crippen molar-refractivity contribution in [2.24, 2.45) is 0 Å². The number of hydrogen-bond donors (Lipinski definition) is 2. The minimum absolute atomic E-state index is 0.0625. The number of esters is 1. The molecule has 0 radical (unpaired) electrons. The molecule has 0 aliphatic heterocycles. The van der Waals surface area contributed by atoms with Gasteiger partial charge in [0.1, 0.15) is 24.8 Å². The first-order chi connectivity index (χ1) is 16.8. The molecule has 35 heavy (non-hydrogen) atoms. The molecule has 10 heteroatoms. The summed E-state index contributed by atoms with van der Waals surface area (Å²) in [5.74, 6) is -2.74. The number of nitrogens with one attached hydrogen (secondary N) is 2. The summed E-state index contributed by atoms with van der Waals surface area (Å²) in [5, 5.41) is 5.52. The van der Waals surface area contributed by atoms with Crippen LogP contribution in [0.4, 0.5) is 14.5 Å². The number of anilines is 1. The first kappa shape index (κ1) is 25.8. The van der Waals surface area contributed by atoms with Crippen molar-refractivity contribution >= 4 is 35.1 Å². The third-order valence-corrected chi connectivity index (χ3v) is 5.07. The molecule has 7 nitrogen and oxygen atoms in total. The van der Waals surface area contributed by atoms with Crippen LogP contribution >= 0.6 is 11.6 Å². The highest BCUT2D eigenvalue weighted by Gasteiger charge is 2.19. The topological polar surface area (TPSA) is 93.7 Å². The molecular weight excluding hydrogens is 482 g/mol. The average molecular weight is 503 g/mol. The van der Waals surface area contributed by atoms with Crippen LogP contribution in [0.5, 0.6) is 0 Å². The Kier molecular flexibility index (Phi) is 8.88. The fraction of sp³-hybridized carbons (Fsp3) is 0.160. The van der Waals surface area contributed by atoms with Crippen molar-refractivity contribution < 1.29 is 32.6 Å². The minimum Gasteiger partial charge on any atom is -0.465 e. The van der Waals surface area contributed by atoms with Gasteiger partial charge in [-0.2, -0.15) is 0 Å². The monoisotopic (exact) mass is 502 g/mol. The van der Waals surface area contributed by atoms with Gasteiger partial charge in [-0.05, 0) is 53.6 Å². The van der Waals surface area contributed by atoms with E-state index in [-0.39, 0.29) is 16.3 Å². The zero-order chi connectivity index (χ0) is 25.4. The third kappa shape index (κ3) is 7.33. The maximum Gasteiger partial charge on any atom is 0.340 e. The van der Waals surface area contributed by atoms with Gasteiger partial charge in [0.05, 0.1) is 24.4 Å². The standard InChI is InChI=1S/C25H21ClF2N2O5/c1-34-25(33)20-12-17(26)6-11-21(20)29-22(31)13-35-14-23(32)30-24(15-2-7-18(27)8-3-15)16-4-9-19(28)10-5-16/h2-12,24H,13-14H2,1H3,(H,29,31)(H,30,32). The molecule has 2 N–H and O–H groups in total. The summed E-state index contributed by atoms with van der Waals surface area (Å²) in [6.45, 7) is -0.939. The van der Waals surface area contributed by atoms with Crippen molar-refractivity contribution in [1.82, 2.24) is 5.32 Å². The van der Waals surface area contributed by atoms with Gasteiger partial charge >= 0.3 is 5.97 Å². The Morgan fingerprint density at radius 1 is 0.857 bits per heavy atom. The van der Waals surface area contributed by atoms with Gasteiger partial charge in [0, 0.05) is 5.02 Å². The van der Waals surface area contributed by atoms with Crippen molar-refractivity contribution in [1.29, 1.82) is 0 Å². The van der Waals surface area contributed by atoms with E-state index >= 15 is 0 Å². The Bertz CT molecular complexity index is 1160. The number of carbonyl (C=O) groups is 3. The minimum atomic E-state index is -0.696. The fourth-order valence-corrected chi connectivity index (χ4v) is 3.37. The lowest BCUT2D eigenvalue weighted by molar-refractivity contribution is -0.129.